The molecule has 3 atom stereocenters. The molecule has 0 aromatic rings. The Hall–Kier alpha value is 1.71. The van der Waals surface area contributed by atoms with Gasteiger partial charge in [0.05, 0.1) is 4.58 Å². The van der Waals surface area contributed by atoms with Gasteiger partial charge in [-0.05, 0) is 0 Å². The average Bonchev–Trinajstić information content (AvgIpc) is 2.74. The molecule has 0 aliphatic carbocycles. The predicted molar refractivity (Wildman–Crippen MR) is 79.4 cm³/mol. The molecule has 0 unspecified atom stereocenters. The first-order chi connectivity index (χ1) is 7.13. The highest BCUT2D eigenvalue weighted by Crippen LogP contribution is 2.68. The van der Waals surface area contributed by atoms with Gasteiger partial charge < -0.3 is 0 Å². The number of alkyl halides is 1. The van der Waals surface area contributed by atoms with Gasteiger partial charge in [-0.1, -0.05) is 11.8 Å². The third-order valence-corrected chi connectivity index (χ3v) is 11.7. The lowest BCUT2D eigenvalue weighted by atomic mass is 10.6. The van der Waals surface area contributed by atoms with E-state index in [1.54, 1.807) is 6.92 Å². The van der Waals surface area contributed by atoms with Crippen LogP contribution in [-0.4, -0.2) is 35.1 Å². The van der Waals surface area contributed by atoms with Crippen molar-refractivity contribution in [3.63, 3.8) is 0 Å². The normalized spacial score (nSPS) is 40.1. The van der Waals surface area contributed by atoms with E-state index in [-0.39, 0.29) is 7.86 Å². The number of halogens is 1. The van der Waals surface area contributed by atoms with Crippen LogP contribution >= 0.6 is 70.4 Å². The van der Waals surface area contributed by atoms with E-state index in [1.807, 2.05) is 47.0 Å². The van der Waals surface area contributed by atoms with E-state index >= 15 is 0 Å². The van der Waals surface area contributed by atoms with Crippen molar-refractivity contribution in [2.45, 2.75) is 19.5 Å². The zero-order chi connectivity index (χ0) is 10.9. The summed E-state index contributed by atoms with van der Waals surface area (Å²) in [5.74, 6) is 2.96. The summed E-state index contributed by atoms with van der Waals surface area (Å²) in [7, 11) is 0. The Kier molecular flexibility index (Phi) is 4.88. The van der Waals surface area contributed by atoms with Gasteiger partial charge in [-0.3, -0.25) is 4.79 Å². The lowest BCUT2D eigenvalue weighted by molar-refractivity contribution is -0.109. The zero-order valence-corrected chi connectivity index (χ0v) is 12.9. The Morgan fingerprint density at radius 3 is 2.80 bits per heavy atom. The van der Waals surface area contributed by atoms with Crippen LogP contribution in [0.25, 0.3) is 0 Å². The van der Waals surface area contributed by atoms with Gasteiger partial charge in [0.15, 0.2) is 7.86 Å². The first-order valence-electron chi connectivity index (χ1n) is 4.50. The Labute approximate surface area is 116 Å². The highest BCUT2D eigenvalue weighted by Gasteiger charge is 2.48. The molecule has 7 heteroatoms. The summed E-state index contributed by atoms with van der Waals surface area (Å²) in [6.45, 7) is 1.65. The minimum atomic E-state index is 0.229. The Balaban J connectivity index is 1.89. The zero-order valence-electron chi connectivity index (χ0n) is 8.10. The Morgan fingerprint density at radius 1 is 1.47 bits per heavy atom. The first kappa shape index (κ1) is 13.1. The summed E-state index contributed by atoms with van der Waals surface area (Å²) in [6, 6.07) is 0. The topological polar surface area (TPSA) is 17.1 Å². The minimum Gasteiger partial charge on any atom is -0.288 e. The lowest BCUT2D eigenvalue weighted by Crippen LogP contribution is -2.05. The molecule has 0 N–H and O–H groups in total. The van der Waals surface area contributed by atoms with Gasteiger partial charge in [0, 0.05) is 29.6 Å². The van der Waals surface area contributed by atoms with Gasteiger partial charge in [0.2, 0.25) is 0 Å². The minimum absolute atomic E-state index is 0.229. The summed E-state index contributed by atoms with van der Waals surface area (Å²) in [6.07, 6.45) is 0. The van der Waals surface area contributed by atoms with Crippen molar-refractivity contribution in [3.8, 4) is 0 Å². The summed E-state index contributed by atoms with van der Waals surface area (Å²) in [5, 5.41) is 0.810. The largest absolute Gasteiger partial charge is 0.288 e. The summed E-state index contributed by atoms with van der Waals surface area (Å²) < 4.78 is 0.661. The standard InChI is InChI=1S/C8H11ClOS5/c1-5(10)13-7-4-12-8(15-7)11-3-6(2-9)14-8/h6-7H,2-4H2,1H3/t6-,7+,8+/m1/s1. The van der Waals surface area contributed by atoms with Gasteiger partial charge in [0.25, 0.3) is 0 Å². The Morgan fingerprint density at radius 2 is 2.20 bits per heavy atom. The average molecular weight is 319 g/mol. The van der Waals surface area contributed by atoms with E-state index in [1.165, 1.54) is 11.8 Å². The third-order valence-electron chi connectivity index (χ3n) is 1.90. The third kappa shape index (κ3) is 3.35. The highest BCUT2D eigenvalue weighted by atomic mass is 35.5. The van der Waals surface area contributed by atoms with Crippen LogP contribution in [0.1, 0.15) is 6.92 Å². The molecule has 2 heterocycles. The molecule has 2 aliphatic rings. The summed E-state index contributed by atoms with van der Waals surface area (Å²) in [4.78, 5) is 11.0. The summed E-state index contributed by atoms with van der Waals surface area (Å²) >= 11 is 15.3. The maximum absolute atomic E-state index is 11.0. The number of hydrogen-bond donors (Lipinski definition) is 0. The maximum Gasteiger partial charge on any atom is 0.186 e. The van der Waals surface area contributed by atoms with E-state index in [0.717, 1.165) is 17.4 Å². The van der Waals surface area contributed by atoms with E-state index < -0.39 is 0 Å². The van der Waals surface area contributed by atoms with Crippen LogP contribution in [-0.2, 0) is 4.79 Å². The van der Waals surface area contributed by atoms with E-state index in [9.17, 15) is 4.79 Å². The molecule has 0 radical (unpaired) electrons. The number of carbonyl (C=O) groups excluding carboxylic acids is 1. The van der Waals surface area contributed by atoms with E-state index in [4.69, 9.17) is 11.6 Å². The second kappa shape index (κ2) is 5.57. The first-order valence-corrected chi connectivity index (χ1v) is 9.65. The number of rotatable bonds is 2. The van der Waals surface area contributed by atoms with Crippen molar-refractivity contribution < 1.29 is 4.79 Å². The van der Waals surface area contributed by atoms with Crippen LogP contribution in [0.3, 0.4) is 0 Å². The SMILES string of the molecule is CC(=O)S[C@@H]1CS[C@]2(SC[C@@H](CCl)S2)S1. The fourth-order valence-corrected chi connectivity index (χ4v) is 11.9. The molecule has 0 amide bonds. The van der Waals surface area contributed by atoms with Crippen molar-refractivity contribution >= 4 is 75.5 Å². The van der Waals surface area contributed by atoms with Crippen molar-refractivity contribution in [1.29, 1.82) is 0 Å². The fraction of sp³-hybridized carbons (Fsp3) is 0.875. The molecular formula is C8H11ClOS5. The highest BCUT2D eigenvalue weighted by molar-refractivity contribution is 8.53. The van der Waals surface area contributed by atoms with Crippen LogP contribution in [0.5, 0.6) is 0 Å². The number of thioether (sulfide) groups is 5. The maximum atomic E-state index is 11.0. The molecular weight excluding hydrogens is 308 g/mol. The number of hydrogen-bond acceptors (Lipinski definition) is 6. The van der Waals surface area contributed by atoms with Gasteiger partial charge in [-0.15, -0.1) is 58.6 Å². The molecule has 86 valence electrons. The summed E-state index contributed by atoms with van der Waals surface area (Å²) in [5.41, 5.74) is 0. The van der Waals surface area contributed by atoms with E-state index in [0.29, 0.717) is 9.83 Å². The Bertz CT molecular complexity index is 263. The van der Waals surface area contributed by atoms with Crippen LogP contribution in [0.15, 0.2) is 0 Å². The second-order valence-electron chi connectivity index (χ2n) is 3.17. The van der Waals surface area contributed by atoms with Crippen LogP contribution in [0, 0.1) is 0 Å². The van der Waals surface area contributed by atoms with Crippen LogP contribution < -0.4 is 0 Å². The molecule has 15 heavy (non-hydrogen) atoms. The van der Waals surface area contributed by atoms with Gasteiger partial charge >= 0.3 is 0 Å². The quantitative estimate of drug-likeness (QED) is 0.716. The van der Waals surface area contributed by atoms with E-state index in [2.05, 4.69) is 0 Å². The van der Waals surface area contributed by atoms with Gasteiger partial charge in [-0.2, -0.15) is 0 Å². The predicted octanol–water partition coefficient (Wildman–Crippen LogP) is 3.77. The fourth-order valence-electron chi connectivity index (χ4n) is 1.32. The second-order valence-corrected chi connectivity index (χ2v) is 12.1. The molecule has 1 nitrogen and oxygen atoms in total. The van der Waals surface area contributed by atoms with Gasteiger partial charge in [0.1, 0.15) is 0 Å². The molecule has 1 spiro atoms. The monoisotopic (exact) mass is 318 g/mol. The van der Waals surface area contributed by atoms with Crippen LogP contribution in [0.2, 0.25) is 0 Å². The van der Waals surface area contributed by atoms with Crippen molar-refractivity contribution in [2.75, 3.05) is 17.4 Å². The molecule has 2 saturated heterocycles. The molecule has 0 aromatic heterocycles. The number of carbonyl (C=O) groups is 1. The van der Waals surface area contributed by atoms with Crippen LogP contribution in [0.4, 0.5) is 0 Å². The van der Waals surface area contributed by atoms with Gasteiger partial charge in [-0.25, -0.2) is 0 Å². The molecule has 2 fully saturated rings. The van der Waals surface area contributed by atoms with Crippen molar-refractivity contribution in [1.82, 2.24) is 0 Å². The molecule has 0 saturated carbocycles. The molecule has 0 aromatic carbocycles. The van der Waals surface area contributed by atoms with Crippen molar-refractivity contribution in [3.05, 3.63) is 0 Å². The molecule has 2 aliphatic heterocycles. The molecule has 0 bridgehead atoms. The van der Waals surface area contributed by atoms with Crippen molar-refractivity contribution in [2.24, 2.45) is 0 Å². The lowest BCUT2D eigenvalue weighted by Gasteiger charge is -2.19. The smallest absolute Gasteiger partial charge is 0.186 e. The molecule has 2 rings (SSSR count).